The van der Waals surface area contributed by atoms with Crippen LogP contribution in [0.15, 0.2) is 30.6 Å². The van der Waals surface area contributed by atoms with Gasteiger partial charge in [-0.25, -0.2) is 32.3 Å². The summed E-state index contributed by atoms with van der Waals surface area (Å²) in [4.78, 5) is 38.9. The van der Waals surface area contributed by atoms with Gasteiger partial charge in [0.2, 0.25) is 5.92 Å². The number of hydrogen-bond donors (Lipinski definition) is 2. The topological polar surface area (TPSA) is 104 Å². The Morgan fingerprint density at radius 1 is 0.875 bits per heavy atom. The maximum Gasteiger partial charge on any atom is 0.434 e. The van der Waals surface area contributed by atoms with Gasteiger partial charge in [-0.1, -0.05) is 12.1 Å². The van der Waals surface area contributed by atoms with Crippen molar-refractivity contribution in [3.8, 4) is 11.4 Å². The Hall–Kier alpha value is -3.79. The highest BCUT2D eigenvalue weighted by Crippen LogP contribution is 2.58. The smallest absolute Gasteiger partial charge is 0.434 e. The maximum absolute atomic E-state index is 14.8. The number of aliphatic carboxylic acids is 1. The van der Waals surface area contributed by atoms with Crippen LogP contribution in [0.25, 0.3) is 22.3 Å². The third kappa shape index (κ3) is 6.65. The van der Waals surface area contributed by atoms with E-state index >= 15 is 0 Å². The minimum Gasteiger partial charge on any atom is -0.479 e. The van der Waals surface area contributed by atoms with E-state index in [0.717, 1.165) is 31.0 Å². The number of halogens is 7. The van der Waals surface area contributed by atoms with Gasteiger partial charge in [0.05, 0.1) is 18.7 Å². The molecule has 2 N–H and O–H groups in total. The van der Waals surface area contributed by atoms with Gasteiger partial charge in [-0.15, -0.1) is 0 Å². The molecule has 9 nitrogen and oxygen atoms in total. The average molecular weight is 791 g/mol. The zero-order valence-electron chi connectivity index (χ0n) is 30.8. The third-order valence-corrected chi connectivity index (χ3v) is 14.0. The molecule has 7 fully saturated rings. The highest BCUT2D eigenvalue weighted by Gasteiger charge is 2.62. The van der Waals surface area contributed by atoms with E-state index in [4.69, 9.17) is 0 Å². The summed E-state index contributed by atoms with van der Waals surface area (Å²) in [6.07, 6.45) is 1.93. The summed E-state index contributed by atoms with van der Waals surface area (Å²) < 4.78 is 102. The molecule has 0 radical (unpaired) electrons. The molecule has 3 aromatic rings. The standard InChI is InChI=1S/C40H45F7N6O3/c41-37(42)7-3-28(4-8-37)53-19-31(29-2-1-22(16-32(29)53)18-51-9-5-27(6-10-51)52-20-38(43,44)21-52)34-48-17-30(33(49-34)40(45,46)47)35(54)50-39(36(55)56)25-12-23-11-24(14-25)15-26(39)13-23/h1-2,16-17,19,23-28H,3-15,18,20-21H2,(H,50,54)(H,55,56). The van der Waals surface area contributed by atoms with Crippen LogP contribution in [0.2, 0.25) is 0 Å². The molecule has 2 aromatic heterocycles. The third-order valence-electron chi connectivity index (χ3n) is 14.0. The predicted molar refractivity (Wildman–Crippen MR) is 190 cm³/mol. The molecule has 10 rings (SSSR count). The number of hydrogen-bond acceptors (Lipinski definition) is 6. The van der Waals surface area contributed by atoms with Crippen LogP contribution in [-0.2, 0) is 17.5 Å². The molecule has 0 unspecified atom stereocenters. The molecule has 0 atom stereocenters. The number of piperidine rings is 1. The lowest BCUT2D eigenvalue weighted by molar-refractivity contribution is -0.163. The molecule has 1 aromatic carbocycles. The lowest BCUT2D eigenvalue weighted by Crippen LogP contribution is -2.70. The fraction of sp³-hybridized carbons (Fsp3) is 0.650. The van der Waals surface area contributed by atoms with Crippen LogP contribution in [0.4, 0.5) is 30.7 Å². The Morgan fingerprint density at radius 3 is 2.11 bits per heavy atom. The van der Waals surface area contributed by atoms with Gasteiger partial charge in [0.1, 0.15) is 5.54 Å². The molecule has 0 spiro atoms. The molecule has 5 aliphatic carbocycles. The summed E-state index contributed by atoms with van der Waals surface area (Å²) in [5.41, 5.74) is -2.23. The van der Waals surface area contributed by atoms with E-state index in [1.165, 1.54) is 0 Å². The van der Waals surface area contributed by atoms with E-state index < -0.39 is 46.7 Å². The van der Waals surface area contributed by atoms with Crippen LogP contribution in [0, 0.1) is 23.7 Å². The van der Waals surface area contributed by atoms with Crippen molar-refractivity contribution in [1.82, 2.24) is 29.7 Å². The van der Waals surface area contributed by atoms with Gasteiger partial charge in [0.25, 0.3) is 11.8 Å². The molecule has 4 bridgehead atoms. The zero-order valence-corrected chi connectivity index (χ0v) is 30.8. The number of carbonyl (C=O) groups is 2. The summed E-state index contributed by atoms with van der Waals surface area (Å²) >= 11 is 0. The number of nitrogens with one attached hydrogen (secondary N) is 1. The number of aromatic nitrogens is 3. The largest absolute Gasteiger partial charge is 0.479 e. The Bertz CT molecular complexity index is 2000. The van der Waals surface area contributed by atoms with Crippen LogP contribution < -0.4 is 5.32 Å². The van der Waals surface area contributed by atoms with E-state index in [0.29, 0.717) is 68.1 Å². The number of carboxylic acid groups (broad SMARTS) is 1. The number of carboxylic acids is 1. The Labute approximate surface area is 319 Å². The van der Waals surface area contributed by atoms with Gasteiger partial charge in [-0.3, -0.25) is 14.6 Å². The monoisotopic (exact) mass is 790 g/mol. The molecule has 5 saturated carbocycles. The minimum absolute atomic E-state index is 0.104. The second-order valence-electron chi connectivity index (χ2n) is 17.5. The normalized spacial score (nSPS) is 30.8. The van der Waals surface area contributed by atoms with E-state index in [2.05, 4.69) is 20.2 Å². The summed E-state index contributed by atoms with van der Waals surface area (Å²) in [5, 5.41) is 13.6. The van der Waals surface area contributed by atoms with Gasteiger partial charge in [-0.05, 0) is 106 Å². The number of nitrogens with zero attached hydrogens (tertiary/aromatic N) is 5. The number of benzene rings is 1. The first-order valence-corrected chi connectivity index (χ1v) is 19.8. The molecule has 56 heavy (non-hydrogen) atoms. The quantitative estimate of drug-likeness (QED) is 0.225. The van der Waals surface area contributed by atoms with E-state index in [-0.39, 0.29) is 74.1 Å². The molecule has 16 heteroatoms. The molecule has 7 aliphatic rings. The first-order chi connectivity index (χ1) is 26.5. The van der Waals surface area contributed by atoms with Crippen molar-refractivity contribution in [1.29, 1.82) is 0 Å². The molecule has 1 amide bonds. The highest BCUT2D eigenvalue weighted by atomic mass is 19.4. The van der Waals surface area contributed by atoms with Crippen LogP contribution in [0.3, 0.4) is 0 Å². The van der Waals surface area contributed by atoms with Crippen LogP contribution in [0.1, 0.15) is 98.3 Å². The Balaban J connectivity index is 1.02. The molecular formula is C40H45F7N6O3. The van der Waals surface area contributed by atoms with Gasteiger partial charge in [0, 0.05) is 60.3 Å². The van der Waals surface area contributed by atoms with Crippen molar-refractivity contribution < 1.29 is 45.4 Å². The van der Waals surface area contributed by atoms with Crippen molar-refractivity contribution in [3.05, 3.63) is 47.4 Å². The SMILES string of the molecule is O=C(NC1(C(=O)O)C2CC3CC(C2)CC1C3)c1cnc(-c2cn(C3CCC(F)(F)CC3)c3cc(CN4CCC(N5CC(F)(F)C5)CC4)ccc23)nc1C(F)(F)F. The van der Waals surface area contributed by atoms with Crippen molar-refractivity contribution in [3.63, 3.8) is 0 Å². The van der Waals surface area contributed by atoms with E-state index in [1.54, 1.807) is 12.3 Å². The number of carbonyl (C=O) groups excluding carboxylic acids is 1. The number of likely N-dealkylation sites (tertiary alicyclic amines) is 2. The molecule has 2 saturated heterocycles. The summed E-state index contributed by atoms with van der Waals surface area (Å²) in [6.45, 7) is 1.54. The van der Waals surface area contributed by atoms with Gasteiger partial charge >= 0.3 is 12.1 Å². The molecular weight excluding hydrogens is 745 g/mol. The van der Waals surface area contributed by atoms with Crippen molar-refractivity contribution >= 4 is 22.8 Å². The van der Waals surface area contributed by atoms with E-state index in [1.807, 2.05) is 21.6 Å². The average Bonchev–Trinajstić information content (AvgIpc) is 3.50. The van der Waals surface area contributed by atoms with Gasteiger partial charge in [-0.2, -0.15) is 13.2 Å². The molecule has 4 heterocycles. The second kappa shape index (κ2) is 13.4. The van der Waals surface area contributed by atoms with Crippen LogP contribution in [-0.4, -0.2) is 90.9 Å². The maximum atomic E-state index is 14.8. The highest BCUT2D eigenvalue weighted by molar-refractivity contribution is 6.00. The van der Waals surface area contributed by atoms with Gasteiger partial charge < -0.3 is 15.0 Å². The van der Waals surface area contributed by atoms with Gasteiger partial charge in [0.15, 0.2) is 11.5 Å². The fourth-order valence-corrected chi connectivity index (χ4v) is 11.4. The number of fused-ring (bicyclic) bond motifs is 1. The summed E-state index contributed by atoms with van der Waals surface area (Å²) in [5.74, 6) is -8.18. The van der Waals surface area contributed by atoms with E-state index in [9.17, 15) is 45.4 Å². The Morgan fingerprint density at radius 2 is 1.52 bits per heavy atom. The zero-order chi connectivity index (χ0) is 39.4. The van der Waals surface area contributed by atoms with Crippen LogP contribution >= 0.6 is 0 Å². The van der Waals surface area contributed by atoms with Crippen molar-refractivity contribution in [2.24, 2.45) is 23.7 Å². The summed E-state index contributed by atoms with van der Waals surface area (Å²) in [6, 6.07) is 5.29. The first kappa shape index (κ1) is 37.8. The minimum atomic E-state index is -5.09. The van der Waals surface area contributed by atoms with Crippen molar-refractivity contribution in [2.45, 2.75) is 113 Å². The lowest BCUT2D eigenvalue weighted by atomic mass is 9.48. The van der Waals surface area contributed by atoms with Crippen molar-refractivity contribution in [2.75, 3.05) is 26.2 Å². The number of amides is 1. The number of rotatable bonds is 8. The van der Waals surface area contributed by atoms with Crippen LogP contribution in [0.5, 0.6) is 0 Å². The molecule has 302 valence electrons. The Kier molecular flexibility index (Phi) is 9.03. The fourth-order valence-electron chi connectivity index (χ4n) is 11.4. The predicted octanol–water partition coefficient (Wildman–Crippen LogP) is 7.79. The molecule has 2 aliphatic heterocycles. The number of alkyl halides is 7. The lowest BCUT2D eigenvalue weighted by Gasteiger charge is -2.59. The first-order valence-electron chi connectivity index (χ1n) is 19.8. The second-order valence-corrected chi connectivity index (χ2v) is 17.5. The summed E-state index contributed by atoms with van der Waals surface area (Å²) in [7, 11) is 0.